The SMILES string of the molecule is CC1CC1CN(C)CCCCC(N)=S. The summed E-state index contributed by atoms with van der Waals surface area (Å²) in [4.78, 5) is 3.09. The van der Waals surface area contributed by atoms with Crippen LogP contribution in [0.15, 0.2) is 0 Å². The molecule has 2 N–H and O–H groups in total. The second-order valence-electron chi connectivity index (χ2n) is 4.66. The highest BCUT2D eigenvalue weighted by Gasteiger charge is 2.32. The summed E-state index contributed by atoms with van der Waals surface area (Å²) in [5.41, 5.74) is 5.44. The molecule has 1 fully saturated rings. The molecule has 0 saturated heterocycles. The van der Waals surface area contributed by atoms with Gasteiger partial charge in [-0.3, -0.25) is 0 Å². The van der Waals surface area contributed by atoms with E-state index in [0.717, 1.165) is 24.7 Å². The Bertz CT molecular complexity index is 194. The quantitative estimate of drug-likeness (QED) is 0.519. The van der Waals surface area contributed by atoms with Gasteiger partial charge >= 0.3 is 0 Å². The summed E-state index contributed by atoms with van der Waals surface area (Å²) in [5.74, 6) is 1.93. The van der Waals surface area contributed by atoms with Crippen LogP contribution in [0.3, 0.4) is 0 Å². The number of nitrogens with zero attached hydrogens (tertiary/aromatic N) is 1. The van der Waals surface area contributed by atoms with E-state index in [2.05, 4.69) is 18.9 Å². The van der Waals surface area contributed by atoms with Gasteiger partial charge in [-0.2, -0.15) is 0 Å². The van der Waals surface area contributed by atoms with Gasteiger partial charge < -0.3 is 10.6 Å². The Hall–Kier alpha value is -0.150. The lowest BCUT2D eigenvalue weighted by molar-refractivity contribution is 0.309. The molecular formula is C11H22N2S. The van der Waals surface area contributed by atoms with E-state index >= 15 is 0 Å². The largest absolute Gasteiger partial charge is 0.393 e. The molecule has 0 aromatic rings. The van der Waals surface area contributed by atoms with Gasteiger partial charge in [0.15, 0.2) is 0 Å². The summed E-state index contributed by atoms with van der Waals surface area (Å²) in [7, 11) is 2.21. The molecule has 0 spiro atoms. The molecular weight excluding hydrogens is 192 g/mol. The average molecular weight is 214 g/mol. The van der Waals surface area contributed by atoms with Gasteiger partial charge in [-0.05, 0) is 51.1 Å². The van der Waals surface area contributed by atoms with Crippen LogP contribution < -0.4 is 5.73 Å². The second-order valence-corrected chi connectivity index (χ2v) is 5.18. The van der Waals surface area contributed by atoms with Gasteiger partial charge in [-0.1, -0.05) is 19.1 Å². The Labute approximate surface area is 92.8 Å². The Morgan fingerprint density at radius 3 is 2.64 bits per heavy atom. The van der Waals surface area contributed by atoms with Crippen LogP contribution in [-0.2, 0) is 0 Å². The van der Waals surface area contributed by atoms with Crippen molar-refractivity contribution in [1.82, 2.24) is 4.90 Å². The standard InChI is InChI=1S/C11H22N2S/c1-9-7-10(9)8-13(2)6-4-3-5-11(12)14/h9-10H,3-8H2,1-2H3,(H2,12,14). The van der Waals surface area contributed by atoms with E-state index in [0.29, 0.717) is 4.99 Å². The zero-order chi connectivity index (χ0) is 10.6. The van der Waals surface area contributed by atoms with E-state index in [9.17, 15) is 0 Å². The third-order valence-electron chi connectivity index (χ3n) is 3.04. The molecule has 0 amide bonds. The van der Waals surface area contributed by atoms with Crippen LogP contribution in [0.1, 0.15) is 32.6 Å². The van der Waals surface area contributed by atoms with Gasteiger partial charge in [0.05, 0.1) is 4.99 Å². The lowest BCUT2D eigenvalue weighted by Gasteiger charge is -2.15. The predicted molar refractivity (Wildman–Crippen MR) is 65.4 cm³/mol. The van der Waals surface area contributed by atoms with Crippen LogP contribution in [0.25, 0.3) is 0 Å². The summed E-state index contributed by atoms with van der Waals surface area (Å²) < 4.78 is 0. The van der Waals surface area contributed by atoms with Crippen molar-refractivity contribution in [2.45, 2.75) is 32.6 Å². The molecule has 82 valence electrons. The van der Waals surface area contributed by atoms with E-state index < -0.39 is 0 Å². The fraction of sp³-hybridized carbons (Fsp3) is 0.909. The predicted octanol–water partition coefficient (Wildman–Crippen LogP) is 2.03. The van der Waals surface area contributed by atoms with Crippen LogP contribution in [0.2, 0.25) is 0 Å². The Kier molecular flexibility index (Phi) is 4.82. The van der Waals surface area contributed by atoms with Crippen molar-refractivity contribution < 1.29 is 0 Å². The van der Waals surface area contributed by atoms with Crippen LogP contribution in [0.4, 0.5) is 0 Å². The number of thiocarbonyl (C=S) groups is 1. The first-order chi connectivity index (χ1) is 6.59. The zero-order valence-corrected chi connectivity index (χ0v) is 10.1. The van der Waals surface area contributed by atoms with Crippen LogP contribution >= 0.6 is 12.2 Å². The molecule has 1 aliphatic rings. The monoisotopic (exact) mass is 214 g/mol. The maximum atomic E-state index is 5.44. The number of rotatable bonds is 7. The molecule has 2 nitrogen and oxygen atoms in total. The summed E-state index contributed by atoms with van der Waals surface area (Å²) in [5, 5.41) is 0. The lowest BCUT2D eigenvalue weighted by Crippen LogP contribution is -2.22. The van der Waals surface area contributed by atoms with Crippen LogP contribution in [0.5, 0.6) is 0 Å². The number of nitrogens with two attached hydrogens (primary N) is 1. The van der Waals surface area contributed by atoms with Crippen LogP contribution in [0, 0.1) is 11.8 Å². The van der Waals surface area contributed by atoms with Gasteiger partial charge in [0.25, 0.3) is 0 Å². The molecule has 0 aromatic heterocycles. The van der Waals surface area contributed by atoms with Gasteiger partial charge in [-0.25, -0.2) is 0 Å². The van der Waals surface area contributed by atoms with Crippen molar-refractivity contribution >= 4 is 17.2 Å². The van der Waals surface area contributed by atoms with Crippen molar-refractivity contribution in [3.8, 4) is 0 Å². The fourth-order valence-corrected chi connectivity index (χ4v) is 1.97. The minimum atomic E-state index is 0.656. The maximum Gasteiger partial charge on any atom is 0.0727 e. The van der Waals surface area contributed by atoms with E-state index in [-0.39, 0.29) is 0 Å². The third kappa shape index (κ3) is 4.91. The molecule has 1 aliphatic carbocycles. The number of hydrogen-bond acceptors (Lipinski definition) is 2. The van der Waals surface area contributed by atoms with Gasteiger partial charge in [0.2, 0.25) is 0 Å². The third-order valence-corrected chi connectivity index (χ3v) is 3.24. The summed E-state index contributed by atoms with van der Waals surface area (Å²) >= 11 is 4.83. The Morgan fingerprint density at radius 2 is 2.14 bits per heavy atom. The highest BCUT2D eigenvalue weighted by atomic mass is 32.1. The summed E-state index contributed by atoms with van der Waals surface area (Å²) in [6.45, 7) is 4.80. The topological polar surface area (TPSA) is 29.3 Å². The summed E-state index contributed by atoms with van der Waals surface area (Å²) in [6.07, 6.45) is 4.69. The van der Waals surface area contributed by atoms with Crippen molar-refractivity contribution in [3.05, 3.63) is 0 Å². The molecule has 2 atom stereocenters. The fourth-order valence-electron chi connectivity index (χ4n) is 1.83. The van der Waals surface area contributed by atoms with Crippen molar-refractivity contribution in [1.29, 1.82) is 0 Å². The molecule has 1 rings (SSSR count). The minimum Gasteiger partial charge on any atom is -0.393 e. The van der Waals surface area contributed by atoms with E-state index in [1.54, 1.807) is 0 Å². The molecule has 14 heavy (non-hydrogen) atoms. The lowest BCUT2D eigenvalue weighted by atomic mass is 10.2. The molecule has 0 heterocycles. The van der Waals surface area contributed by atoms with Crippen LogP contribution in [-0.4, -0.2) is 30.0 Å². The molecule has 3 heteroatoms. The average Bonchev–Trinajstić information content (AvgIpc) is 2.75. The smallest absolute Gasteiger partial charge is 0.0727 e. The van der Waals surface area contributed by atoms with Crippen molar-refractivity contribution in [2.75, 3.05) is 20.1 Å². The first kappa shape index (κ1) is 11.9. The Balaban J connectivity index is 1.92. The van der Waals surface area contributed by atoms with Gasteiger partial charge in [0, 0.05) is 6.54 Å². The van der Waals surface area contributed by atoms with Gasteiger partial charge in [-0.15, -0.1) is 0 Å². The highest BCUT2D eigenvalue weighted by molar-refractivity contribution is 7.80. The zero-order valence-electron chi connectivity index (χ0n) is 9.33. The van der Waals surface area contributed by atoms with Crippen molar-refractivity contribution in [3.63, 3.8) is 0 Å². The molecule has 0 aromatic carbocycles. The second kappa shape index (κ2) is 5.66. The molecule has 0 radical (unpaired) electrons. The first-order valence-electron chi connectivity index (χ1n) is 5.56. The molecule has 2 unspecified atom stereocenters. The highest BCUT2D eigenvalue weighted by Crippen LogP contribution is 2.37. The molecule has 1 saturated carbocycles. The Morgan fingerprint density at radius 1 is 1.50 bits per heavy atom. The molecule has 0 aliphatic heterocycles. The van der Waals surface area contributed by atoms with E-state index in [1.807, 2.05) is 0 Å². The molecule has 0 bridgehead atoms. The van der Waals surface area contributed by atoms with Gasteiger partial charge in [0.1, 0.15) is 0 Å². The first-order valence-corrected chi connectivity index (χ1v) is 5.97. The normalized spacial score (nSPS) is 25.4. The maximum absolute atomic E-state index is 5.44. The number of hydrogen-bond donors (Lipinski definition) is 1. The van der Waals surface area contributed by atoms with E-state index in [1.165, 1.54) is 25.9 Å². The van der Waals surface area contributed by atoms with Crippen molar-refractivity contribution in [2.24, 2.45) is 17.6 Å². The summed E-state index contributed by atoms with van der Waals surface area (Å²) in [6, 6.07) is 0. The minimum absolute atomic E-state index is 0.656. The van der Waals surface area contributed by atoms with E-state index in [4.69, 9.17) is 18.0 Å². The number of unbranched alkanes of at least 4 members (excludes halogenated alkanes) is 1.